The molecular formula is C6H6F6O. The Bertz CT molecular complexity index is 167. The number of ether oxygens (including phenoxy) is 1. The first-order valence-corrected chi connectivity index (χ1v) is 3.13. The average molecular weight is 208 g/mol. The summed E-state index contributed by atoms with van der Waals surface area (Å²) >= 11 is 0. The van der Waals surface area contributed by atoms with Crippen LogP contribution >= 0.6 is 0 Å². The lowest BCUT2D eigenvalue weighted by Gasteiger charge is -2.05. The molecule has 0 amide bonds. The topological polar surface area (TPSA) is 9.23 Å². The van der Waals surface area contributed by atoms with Crippen LogP contribution in [0.15, 0.2) is 12.3 Å². The molecule has 0 N–H and O–H groups in total. The highest BCUT2D eigenvalue weighted by molar-refractivity contribution is 4.82. The molecule has 0 fully saturated rings. The molecule has 0 aliphatic rings. The lowest BCUT2D eigenvalue weighted by atomic mass is 10.4. The van der Waals surface area contributed by atoms with Crippen LogP contribution in [0.2, 0.25) is 0 Å². The Kier molecular flexibility index (Phi) is 4.09. The van der Waals surface area contributed by atoms with Gasteiger partial charge in [-0.2, -0.15) is 26.3 Å². The first kappa shape index (κ1) is 12.1. The van der Waals surface area contributed by atoms with Gasteiger partial charge in [0.2, 0.25) is 0 Å². The van der Waals surface area contributed by atoms with Crippen LogP contribution in [0.1, 0.15) is 6.42 Å². The zero-order valence-electron chi connectivity index (χ0n) is 6.24. The molecule has 0 aliphatic heterocycles. The summed E-state index contributed by atoms with van der Waals surface area (Å²) in [4.78, 5) is 0. The van der Waals surface area contributed by atoms with Gasteiger partial charge in [0.05, 0.1) is 25.4 Å². The van der Waals surface area contributed by atoms with Crippen LogP contribution in [0, 0.1) is 0 Å². The highest BCUT2D eigenvalue weighted by Crippen LogP contribution is 2.19. The van der Waals surface area contributed by atoms with E-state index in [0.717, 1.165) is 0 Å². The molecule has 0 aromatic rings. The normalized spacial score (nSPS) is 13.7. The van der Waals surface area contributed by atoms with Gasteiger partial charge in [0.1, 0.15) is 0 Å². The number of halogens is 6. The summed E-state index contributed by atoms with van der Waals surface area (Å²) in [7, 11) is 0. The second kappa shape index (κ2) is 4.38. The maximum atomic E-state index is 11.4. The summed E-state index contributed by atoms with van der Waals surface area (Å²) in [5.74, 6) is 0. The maximum absolute atomic E-state index is 11.4. The van der Waals surface area contributed by atoms with E-state index in [4.69, 9.17) is 0 Å². The monoisotopic (exact) mass is 208 g/mol. The highest BCUT2D eigenvalue weighted by atomic mass is 19.4. The van der Waals surface area contributed by atoms with E-state index < -0.39 is 25.4 Å². The molecule has 0 bridgehead atoms. The fourth-order valence-corrected chi connectivity index (χ4v) is 0.368. The Hall–Kier alpha value is -0.880. The molecule has 0 spiro atoms. The third-order valence-electron chi connectivity index (χ3n) is 0.857. The van der Waals surface area contributed by atoms with Gasteiger partial charge in [0.25, 0.3) is 0 Å². The summed E-state index contributed by atoms with van der Waals surface area (Å²) in [5.41, 5.74) is 0. The van der Waals surface area contributed by atoms with Gasteiger partial charge in [-0.1, -0.05) is 0 Å². The highest BCUT2D eigenvalue weighted by Gasteiger charge is 2.27. The molecule has 0 aliphatic carbocycles. The summed E-state index contributed by atoms with van der Waals surface area (Å²) in [6.45, 7) is -0.809. The standard InChI is InChI=1S/C6H6F6O/c7-5(8,9)1-3-13-4-2-6(10,11)12/h1,3H,2,4H2. The van der Waals surface area contributed by atoms with Crippen molar-refractivity contribution in [3.8, 4) is 0 Å². The van der Waals surface area contributed by atoms with Crippen molar-refractivity contribution in [2.45, 2.75) is 18.8 Å². The fourth-order valence-electron chi connectivity index (χ4n) is 0.368. The lowest BCUT2D eigenvalue weighted by Crippen LogP contribution is -2.10. The van der Waals surface area contributed by atoms with E-state index in [-0.39, 0.29) is 12.3 Å². The minimum absolute atomic E-state index is 0.200. The fraction of sp³-hybridized carbons (Fsp3) is 0.667. The predicted molar refractivity (Wildman–Crippen MR) is 31.8 cm³/mol. The Morgan fingerprint density at radius 1 is 1.00 bits per heavy atom. The van der Waals surface area contributed by atoms with E-state index >= 15 is 0 Å². The van der Waals surface area contributed by atoms with Gasteiger partial charge in [-0.25, -0.2) is 0 Å². The van der Waals surface area contributed by atoms with Crippen molar-refractivity contribution in [2.24, 2.45) is 0 Å². The van der Waals surface area contributed by atoms with Crippen molar-refractivity contribution in [3.63, 3.8) is 0 Å². The van der Waals surface area contributed by atoms with Crippen LogP contribution in [0.3, 0.4) is 0 Å². The Morgan fingerprint density at radius 3 is 1.92 bits per heavy atom. The molecule has 7 heteroatoms. The molecule has 0 rings (SSSR count). The van der Waals surface area contributed by atoms with E-state index in [0.29, 0.717) is 0 Å². The van der Waals surface area contributed by atoms with Gasteiger partial charge >= 0.3 is 12.4 Å². The van der Waals surface area contributed by atoms with Crippen molar-refractivity contribution in [3.05, 3.63) is 12.3 Å². The van der Waals surface area contributed by atoms with Gasteiger partial charge in [0.15, 0.2) is 0 Å². The van der Waals surface area contributed by atoms with Crippen molar-refractivity contribution in [1.29, 1.82) is 0 Å². The molecule has 0 aromatic heterocycles. The Labute approximate surface area is 70.0 Å². The Morgan fingerprint density at radius 2 is 1.54 bits per heavy atom. The van der Waals surface area contributed by atoms with Crippen molar-refractivity contribution < 1.29 is 31.1 Å². The Balaban J connectivity index is 3.53. The summed E-state index contributed by atoms with van der Waals surface area (Å²) in [6, 6.07) is 0. The van der Waals surface area contributed by atoms with Gasteiger partial charge in [-0.05, 0) is 0 Å². The van der Waals surface area contributed by atoms with Crippen molar-refractivity contribution >= 4 is 0 Å². The predicted octanol–water partition coefficient (Wildman–Crippen LogP) is 3.03. The smallest absolute Gasteiger partial charge is 0.412 e. The minimum atomic E-state index is -4.56. The molecule has 0 aromatic carbocycles. The van der Waals surface area contributed by atoms with Crippen molar-refractivity contribution in [2.75, 3.05) is 6.61 Å². The van der Waals surface area contributed by atoms with Gasteiger partial charge in [0, 0.05) is 0 Å². The molecule has 0 atom stereocenters. The van der Waals surface area contributed by atoms with Crippen LogP contribution in [0.4, 0.5) is 26.3 Å². The van der Waals surface area contributed by atoms with Crippen LogP contribution in [0.5, 0.6) is 0 Å². The number of allylic oxidation sites excluding steroid dienone is 1. The van der Waals surface area contributed by atoms with Gasteiger partial charge in [-0.15, -0.1) is 0 Å². The third-order valence-corrected chi connectivity index (χ3v) is 0.857. The molecule has 1 nitrogen and oxygen atoms in total. The van der Waals surface area contributed by atoms with E-state index in [9.17, 15) is 26.3 Å². The molecule has 0 heterocycles. The SMILES string of the molecule is FC(F)(F)C=COCCC(F)(F)F. The zero-order valence-corrected chi connectivity index (χ0v) is 6.24. The van der Waals surface area contributed by atoms with Gasteiger partial charge < -0.3 is 4.74 Å². The second-order valence-electron chi connectivity index (χ2n) is 2.08. The molecule has 78 valence electrons. The molecule has 0 saturated carbocycles. The van der Waals surface area contributed by atoms with Gasteiger partial charge in [-0.3, -0.25) is 0 Å². The maximum Gasteiger partial charge on any atom is 0.412 e. The largest absolute Gasteiger partial charge is 0.501 e. The van der Waals surface area contributed by atoms with Crippen LogP contribution in [0.25, 0.3) is 0 Å². The summed E-state index contributed by atoms with van der Waals surface area (Å²) in [6.07, 6.45) is -10.3. The lowest BCUT2D eigenvalue weighted by molar-refractivity contribution is -0.141. The third kappa shape index (κ3) is 11.1. The number of alkyl halides is 6. The van der Waals surface area contributed by atoms with E-state index in [1.165, 1.54) is 0 Å². The summed E-state index contributed by atoms with van der Waals surface area (Å²) < 4.78 is 72.1. The first-order chi connectivity index (χ1) is 5.71. The van der Waals surface area contributed by atoms with E-state index in [1.54, 1.807) is 0 Å². The number of hydrogen-bond acceptors (Lipinski definition) is 1. The number of rotatable bonds is 3. The average Bonchev–Trinajstić information content (AvgIpc) is 1.81. The van der Waals surface area contributed by atoms with Crippen LogP contribution < -0.4 is 0 Å². The molecular weight excluding hydrogens is 202 g/mol. The number of hydrogen-bond donors (Lipinski definition) is 0. The van der Waals surface area contributed by atoms with Crippen molar-refractivity contribution in [1.82, 2.24) is 0 Å². The second-order valence-corrected chi connectivity index (χ2v) is 2.08. The van der Waals surface area contributed by atoms with E-state index in [2.05, 4.69) is 4.74 Å². The first-order valence-electron chi connectivity index (χ1n) is 3.13. The molecule has 0 unspecified atom stereocenters. The molecule has 0 saturated heterocycles. The molecule has 0 radical (unpaired) electrons. The quantitative estimate of drug-likeness (QED) is 0.393. The summed E-state index contributed by atoms with van der Waals surface area (Å²) in [5, 5.41) is 0. The molecule has 13 heavy (non-hydrogen) atoms. The minimum Gasteiger partial charge on any atom is -0.501 e. The van der Waals surface area contributed by atoms with Crippen LogP contribution in [-0.2, 0) is 4.74 Å². The van der Waals surface area contributed by atoms with Crippen LogP contribution in [-0.4, -0.2) is 19.0 Å². The van der Waals surface area contributed by atoms with E-state index in [1.807, 2.05) is 0 Å². The zero-order chi connectivity index (χ0) is 10.5.